The van der Waals surface area contributed by atoms with E-state index in [1.165, 1.54) is 0 Å². The number of nitrogens with zero attached hydrogens (tertiary/aromatic N) is 3. The number of nitrogens with one attached hydrogen (secondary N) is 2. The Balaban J connectivity index is 1.59. The van der Waals surface area contributed by atoms with E-state index in [0.29, 0.717) is 42.3 Å². The molecule has 3 aromatic rings. The van der Waals surface area contributed by atoms with Gasteiger partial charge in [-0.25, -0.2) is 9.37 Å². The van der Waals surface area contributed by atoms with Crippen LogP contribution in [0.2, 0.25) is 0 Å². The van der Waals surface area contributed by atoms with E-state index in [1.807, 2.05) is 48.5 Å². The average Bonchev–Trinajstić information content (AvgIpc) is 2.81. The van der Waals surface area contributed by atoms with Crippen LogP contribution in [-0.2, 0) is 6.54 Å². The quantitative estimate of drug-likeness (QED) is 0.524. The molecule has 4 rings (SSSR count). The Morgan fingerprint density at radius 3 is 2.52 bits per heavy atom. The van der Waals surface area contributed by atoms with Gasteiger partial charge >= 0.3 is 0 Å². The maximum atomic E-state index is 15.7. The van der Waals surface area contributed by atoms with Gasteiger partial charge < -0.3 is 26.3 Å². The molecule has 0 spiro atoms. The van der Waals surface area contributed by atoms with Crippen LogP contribution < -0.4 is 20.9 Å². The van der Waals surface area contributed by atoms with E-state index in [0.717, 1.165) is 30.2 Å². The largest absolute Gasteiger partial charge is 0.366 e. The molecule has 0 bridgehead atoms. The maximum Gasteiger partial charge on any atom is 0.170 e. The highest BCUT2D eigenvalue weighted by Crippen LogP contribution is 2.33. The first-order chi connectivity index (χ1) is 15.1. The number of aromatic nitrogens is 1. The van der Waals surface area contributed by atoms with E-state index in [2.05, 4.69) is 20.1 Å². The summed E-state index contributed by atoms with van der Waals surface area (Å²) in [5.41, 5.74) is 9.18. The molecule has 6 nitrogen and oxygen atoms in total. The molecule has 4 N–H and O–H groups in total. The molecular formula is C24H27FN6. The summed E-state index contributed by atoms with van der Waals surface area (Å²) in [5, 5.41) is 11.3. The zero-order chi connectivity index (χ0) is 21.8. The van der Waals surface area contributed by atoms with Gasteiger partial charge in [0.05, 0.1) is 11.4 Å². The van der Waals surface area contributed by atoms with E-state index >= 15 is 4.39 Å². The lowest BCUT2D eigenvalue weighted by Gasteiger charge is -2.37. The van der Waals surface area contributed by atoms with Crippen molar-refractivity contribution in [1.29, 1.82) is 5.41 Å². The highest BCUT2D eigenvalue weighted by Gasteiger charge is 2.23. The molecule has 1 aromatic heterocycles. The van der Waals surface area contributed by atoms with Crippen LogP contribution in [0.1, 0.15) is 18.1 Å². The van der Waals surface area contributed by atoms with Gasteiger partial charge in [0.15, 0.2) is 5.82 Å². The Kier molecular flexibility index (Phi) is 6.13. The van der Waals surface area contributed by atoms with Gasteiger partial charge in [-0.1, -0.05) is 18.2 Å². The second kappa shape index (κ2) is 9.14. The number of anilines is 4. The average molecular weight is 419 g/mol. The molecule has 1 saturated heterocycles. The smallest absolute Gasteiger partial charge is 0.170 e. The van der Waals surface area contributed by atoms with Crippen molar-refractivity contribution < 1.29 is 4.39 Å². The molecule has 7 heteroatoms. The highest BCUT2D eigenvalue weighted by atomic mass is 19.1. The normalized spacial score (nSPS) is 13.9. The Morgan fingerprint density at radius 1 is 1.06 bits per heavy atom. The van der Waals surface area contributed by atoms with Crippen LogP contribution in [0.3, 0.4) is 0 Å². The zero-order valence-corrected chi connectivity index (χ0v) is 17.6. The molecule has 0 atom stereocenters. The Bertz CT molecular complexity index is 1060. The van der Waals surface area contributed by atoms with Crippen molar-refractivity contribution in [3.8, 4) is 0 Å². The Labute approximate surface area is 182 Å². The number of benzene rings is 2. The summed E-state index contributed by atoms with van der Waals surface area (Å²) in [7, 11) is 0. The van der Waals surface area contributed by atoms with Crippen molar-refractivity contribution in [3.05, 3.63) is 77.7 Å². The van der Waals surface area contributed by atoms with Crippen LogP contribution in [-0.4, -0.2) is 36.9 Å². The van der Waals surface area contributed by atoms with Gasteiger partial charge in [0.2, 0.25) is 0 Å². The predicted octanol–water partition coefficient (Wildman–Crippen LogP) is 4.14. The van der Waals surface area contributed by atoms with Crippen LogP contribution in [0.4, 0.5) is 27.3 Å². The van der Waals surface area contributed by atoms with Crippen molar-refractivity contribution >= 4 is 28.6 Å². The third-order valence-corrected chi connectivity index (χ3v) is 5.55. The van der Waals surface area contributed by atoms with E-state index in [4.69, 9.17) is 11.1 Å². The minimum absolute atomic E-state index is 0.308. The minimum atomic E-state index is -0.339. The highest BCUT2D eigenvalue weighted by molar-refractivity contribution is 6.02. The van der Waals surface area contributed by atoms with Gasteiger partial charge in [-0.15, -0.1) is 0 Å². The number of halogens is 1. The standard InChI is InChI=1S/C24H27FN6/c1-17(27)20-8-9-21(23(25)24(20)29-19-6-4-5-18(15-19)16-26)30-11-13-31(14-12-30)22-7-2-3-10-28-22/h2-10,15,27,29H,11-14,16,26H2,1H3. The van der Waals surface area contributed by atoms with Gasteiger partial charge in [0.25, 0.3) is 0 Å². The lowest BCUT2D eigenvalue weighted by atomic mass is 10.1. The van der Waals surface area contributed by atoms with Crippen LogP contribution in [0.25, 0.3) is 0 Å². The summed E-state index contributed by atoms with van der Waals surface area (Å²) in [5.74, 6) is 0.605. The van der Waals surface area contributed by atoms with Crippen LogP contribution in [0.5, 0.6) is 0 Å². The molecule has 2 heterocycles. The van der Waals surface area contributed by atoms with Gasteiger partial charge in [-0.3, -0.25) is 0 Å². The third kappa shape index (κ3) is 4.51. The summed E-state index contributed by atoms with van der Waals surface area (Å²) in [6.07, 6.45) is 1.79. The van der Waals surface area contributed by atoms with Crippen molar-refractivity contribution in [2.45, 2.75) is 13.5 Å². The summed E-state index contributed by atoms with van der Waals surface area (Å²) >= 11 is 0. The summed E-state index contributed by atoms with van der Waals surface area (Å²) in [4.78, 5) is 8.68. The van der Waals surface area contributed by atoms with Crippen LogP contribution >= 0.6 is 0 Å². The monoisotopic (exact) mass is 418 g/mol. The lowest BCUT2D eigenvalue weighted by molar-refractivity contribution is 0.598. The second-order valence-electron chi connectivity index (χ2n) is 7.64. The van der Waals surface area contributed by atoms with Crippen LogP contribution in [0.15, 0.2) is 60.8 Å². The first-order valence-electron chi connectivity index (χ1n) is 10.4. The van der Waals surface area contributed by atoms with E-state index in [-0.39, 0.29) is 5.82 Å². The number of piperazine rings is 1. The van der Waals surface area contributed by atoms with E-state index in [1.54, 1.807) is 19.2 Å². The van der Waals surface area contributed by atoms with Gasteiger partial charge in [-0.05, 0) is 48.9 Å². The molecule has 2 aromatic carbocycles. The molecule has 0 radical (unpaired) electrons. The van der Waals surface area contributed by atoms with Crippen LogP contribution in [0, 0.1) is 11.2 Å². The predicted molar refractivity (Wildman–Crippen MR) is 125 cm³/mol. The minimum Gasteiger partial charge on any atom is -0.366 e. The van der Waals surface area contributed by atoms with Crippen molar-refractivity contribution in [2.24, 2.45) is 5.73 Å². The molecule has 0 aliphatic carbocycles. The second-order valence-corrected chi connectivity index (χ2v) is 7.64. The third-order valence-electron chi connectivity index (χ3n) is 5.55. The molecule has 1 aliphatic rings. The van der Waals surface area contributed by atoms with E-state index in [9.17, 15) is 0 Å². The Hall–Kier alpha value is -3.45. The molecule has 1 fully saturated rings. The summed E-state index contributed by atoms with van der Waals surface area (Å²) < 4.78 is 15.7. The molecular weight excluding hydrogens is 391 g/mol. The number of hydrogen-bond donors (Lipinski definition) is 3. The van der Waals surface area contributed by atoms with Gasteiger partial charge in [0, 0.05) is 55.9 Å². The number of nitrogens with two attached hydrogens (primary N) is 1. The fourth-order valence-corrected chi connectivity index (χ4v) is 3.88. The van der Waals surface area contributed by atoms with Crippen molar-refractivity contribution in [2.75, 3.05) is 41.3 Å². The van der Waals surface area contributed by atoms with Gasteiger partial charge in [0.1, 0.15) is 5.82 Å². The topological polar surface area (TPSA) is 81.3 Å². The SMILES string of the molecule is CC(=N)c1ccc(N2CCN(c3ccccn3)CC2)c(F)c1Nc1cccc(CN)c1. The first kappa shape index (κ1) is 20.8. The molecule has 160 valence electrons. The molecule has 31 heavy (non-hydrogen) atoms. The fourth-order valence-electron chi connectivity index (χ4n) is 3.88. The maximum absolute atomic E-state index is 15.7. The van der Waals surface area contributed by atoms with Crippen molar-refractivity contribution in [3.63, 3.8) is 0 Å². The number of rotatable bonds is 6. The lowest BCUT2D eigenvalue weighted by Crippen LogP contribution is -2.47. The number of hydrogen-bond acceptors (Lipinski definition) is 6. The molecule has 0 unspecified atom stereocenters. The summed E-state index contributed by atoms with van der Waals surface area (Å²) in [6, 6.07) is 17.1. The van der Waals surface area contributed by atoms with E-state index < -0.39 is 0 Å². The number of pyridine rings is 1. The Morgan fingerprint density at radius 2 is 1.84 bits per heavy atom. The molecule has 0 saturated carbocycles. The van der Waals surface area contributed by atoms with Gasteiger partial charge in [-0.2, -0.15) is 0 Å². The molecule has 0 amide bonds. The fraction of sp³-hybridized carbons (Fsp3) is 0.250. The summed E-state index contributed by atoms with van der Waals surface area (Å²) in [6.45, 7) is 5.00. The van der Waals surface area contributed by atoms with Crippen molar-refractivity contribution in [1.82, 2.24) is 4.98 Å². The first-order valence-corrected chi connectivity index (χ1v) is 10.4. The molecule has 1 aliphatic heterocycles. The zero-order valence-electron chi connectivity index (χ0n) is 17.6.